The Morgan fingerprint density at radius 2 is 1.71 bits per heavy atom. The molecule has 0 spiro atoms. The molecule has 2 rings (SSSR count). The number of rotatable bonds is 4. The molecule has 2 heteroatoms. The van der Waals surface area contributed by atoms with Gasteiger partial charge in [-0.1, -0.05) is 49.6 Å². The molecule has 1 aromatic rings. The molecule has 0 aliphatic heterocycles. The van der Waals surface area contributed by atoms with E-state index in [1.165, 1.54) is 37.7 Å². The first-order chi connectivity index (χ1) is 7.92. The lowest BCUT2D eigenvalue weighted by Gasteiger charge is -2.30. The van der Waals surface area contributed by atoms with Gasteiger partial charge in [-0.05, 0) is 43.2 Å². The summed E-state index contributed by atoms with van der Waals surface area (Å²) in [6.45, 7) is 0.816. The molecule has 1 unspecified atom stereocenters. The van der Waals surface area contributed by atoms with Crippen LogP contribution in [0.5, 0.6) is 0 Å². The second kappa shape index (κ2) is 7.73. The third-order valence-electron chi connectivity index (χ3n) is 3.92. The van der Waals surface area contributed by atoms with Crippen LogP contribution in [-0.4, -0.2) is 6.54 Å². The molecule has 0 heterocycles. The van der Waals surface area contributed by atoms with Crippen LogP contribution in [0.3, 0.4) is 0 Å². The second-order valence-electron chi connectivity index (χ2n) is 4.99. The van der Waals surface area contributed by atoms with Crippen molar-refractivity contribution in [3.63, 3.8) is 0 Å². The van der Waals surface area contributed by atoms with Gasteiger partial charge in [-0.15, -0.1) is 12.4 Å². The summed E-state index contributed by atoms with van der Waals surface area (Å²) in [4.78, 5) is 0. The third-order valence-corrected chi connectivity index (χ3v) is 3.92. The van der Waals surface area contributed by atoms with Crippen LogP contribution in [0.4, 0.5) is 0 Å². The van der Waals surface area contributed by atoms with Crippen molar-refractivity contribution in [2.75, 3.05) is 6.54 Å². The van der Waals surface area contributed by atoms with Crippen molar-refractivity contribution in [3.8, 4) is 0 Å². The minimum absolute atomic E-state index is 0. The van der Waals surface area contributed by atoms with E-state index in [2.05, 4.69) is 30.3 Å². The van der Waals surface area contributed by atoms with Crippen LogP contribution in [0.2, 0.25) is 0 Å². The van der Waals surface area contributed by atoms with E-state index in [0.717, 1.165) is 18.9 Å². The Bertz CT molecular complexity index is 293. The van der Waals surface area contributed by atoms with Crippen molar-refractivity contribution < 1.29 is 0 Å². The van der Waals surface area contributed by atoms with E-state index in [0.29, 0.717) is 5.92 Å². The average molecular weight is 254 g/mol. The van der Waals surface area contributed by atoms with Gasteiger partial charge in [0.2, 0.25) is 0 Å². The fourth-order valence-corrected chi connectivity index (χ4v) is 3.09. The van der Waals surface area contributed by atoms with E-state index in [1.807, 2.05) is 0 Å². The van der Waals surface area contributed by atoms with Crippen molar-refractivity contribution in [1.29, 1.82) is 0 Å². The van der Waals surface area contributed by atoms with Gasteiger partial charge in [-0.3, -0.25) is 0 Å². The summed E-state index contributed by atoms with van der Waals surface area (Å²) >= 11 is 0. The lowest BCUT2D eigenvalue weighted by Crippen LogP contribution is -2.19. The molecule has 0 radical (unpaired) electrons. The van der Waals surface area contributed by atoms with E-state index >= 15 is 0 Å². The molecule has 0 bridgehead atoms. The van der Waals surface area contributed by atoms with Gasteiger partial charge in [0.25, 0.3) is 0 Å². The quantitative estimate of drug-likeness (QED) is 0.858. The van der Waals surface area contributed by atoms with Crippen molar-refractivity contribution >= 4 is 12.4 Å². The molecule has 96 valence electrons. The lowest BCUT2D eigenvalue weighted by atomic mass is 9.75. The summed E-state index contributed by atoms with van der Waals surface area (Å²) in [7, 11) is 0. The Balaban J connectivity index is 0.00000144. The molecule has 1 aliphatic carbocycles. The summed E-state index contributed by atoms with van der Waals surface area (Å²) in [5.41, 5.74) is 7.27. The van der Waals surface area contributed by atoms with Crippen molar-refractivity contribution in [3.05, 3.63) is 35.9 Å². The first-order valence-electron chi connectivity index (χ1n) is 6.67. The van der Waals surface area contributed by atoms with Crippen LogP contribution < -0.4 is 5.73 Å². The smallest absolute Gasteiger partial charge is 0.00713 e. The van der Waals surface area contributed by atoms with Crippen molar-refractivity contribution in [2.45, 2.75) is 44.4 Å². The van der Waals surface area contributed by atoms with E-state index in [4.69, 9.17) is 5.73 Å². The predicted molar refractivity (Wildman–Crippen MR) is 76.7 cm³/mol. The molecule has 1 aromatic carbocycles. The van der Waals surface area contributed by atoms with Gasteiger partial charge in [0, 0.05) is 0 Å². The zero-order valence-corrected chi connectivity index (χ0v) is 11.3. The summed E-state index contributed by atoms with van der Waals surface area (Å²) in [5, 5.41) is 0. The number of benzene rings is 1. The van der Waals surface area contributed by atoms with E-state index in [1.54, 1.807) is 0 Å². The molecular weight excluding hydrogens is 230 g/mol. The molecule has 1 fully saturated rings. The van der Waals surface area contributed by atoms with E-state index in [9.17, 15) is 0 Å². The molecular formula is C15H24ClN. The minimum Gasteiger partial charge on any atom is -0.330 e. The molecule has 1 aliphatic rings. The normalized spacial score (nSPS) is 18.4. The zero-order chi connectivity index (χ0) is 11.2. The van der Waals surface area contributed by atoms with Crippen LogP contribution in [0.15, 0.2) is 30.3 Å². The first kappa shape index (κ1) is 14.5. The highest BCUT2D eigenvalue weighted by Gasteiger charge is 2.23. The van der Waals surface area contributed by atoms with Gasteiger partial charge in [0.15, 0.2) is 0 Å². The maximum Gasteiger partial charge on any atom is -0.00713 e. The number of halogens is 1. The van der Waals surface area contributed by atoms with Crippen molar-refractivity contribution in [2.24, 2.45) is 11.7 Å². The Labute approximate surface area is 111 Å². The largest absolute Gasteiger partial charge is 0.330 e. The molecule has 17 heavy (non-hydrogen) atoms. The topological polar surface area (TPSA) is 26.0 Å². The van der Waals surface area contributed by atoms with E-state index < -0.39 is 0 Å². The zero-order valence-electron chi connectivity index (χ0n) is 10.5. The molecule has 1 atom stereocenters. The van der Waals surface area contributed by atoms with E-state index in [-0.39, 0.29) is 12.4 Å². The van der Waals surface area contributed by atoms with Gasteiger partial charge in [0.05, 0.1) is 0 Å². The second-order valence-corrected chi connectivity index (χ2v) is 4.99. The summed E-state index contributed by atoms with van der Waals surface area (Å²) in [6, 6.07) is 11.0. The van der Waals surface area contributed by atoms with Crippen LogP contribution in [0.25, 0.3) is 0 Å². The van der Waals surface area contributed by atoms with Crippen LogP contribution in [0.1, 0.15) is 50.0 Å². The fraction of sp³-hybridized carbons (Fsp3) is 0.600. The Morgan fingerprint density at radius 3 is 2.29 bits per heavy atom. The van der Waals surface area contributed by atoms with Crippen molar-refractivity contribution in [1.82, 2.24) is 0 Å². The van der Waals surface area contributed by atoms with Crippen LogP contribution in [0, 0.1) is 5.92 Å². The number of hydrogen-bond acceptors (Lipinski definition) is 1. The fourth-order valence-electron chi connectivity index (χ4n) is 3.09. The highest BCUT2D eigenvalue weighted by atomic mass is 35.5. The predicted octanol–water partition coefficient (Wildman–Crippen LogP) is 4.12. The molecule has 0 amide bonds. The van der Waals surface area contributed by atoms with Gasteiger partial charge < -0.3 is 5.73 Å². The lowest BCUT2D eigenvalue weighted by molar-refractivity contribution is 0.296. The Kier molecular flexibility index (Phi) is 6.61. The summed E-state index contributed by atoms with van der Waals surface area (Å²) in [6.07, 6.45) is 8.21. The number of hydrogen-bond donors (Lipinski definition) is 1. The summed E-state index contributed by atoms with van der Waals surface area (Å²) < 4.78 is 0. The monoisotopic (exact) mass is 253 g/mol. The van der Waals surface area contributed by atoms with Gasteiger partial charge in [0.1, 0.15) is 0 Å². The molecule has 1 saturated carbocycles. The average Bonchev–Trinajstić information content (AvgIpc) is 2.38. The summed E-state index contributed by atoms with van der Waals surface area (Å²) in [5.74, 6) is 1.58. The standard InChI is InChI=1S/C15H23N.ClH/c16-12-11-15(13-7-3-1-4-8-13)14-9-5-2-6-10-14;/h1,3-4,7-8,14-15H,2,5-6,9-12,16H2;1H. The van der Waals surface area contributed by atoms with Gasteiger partial charge in [-0.25, -0.2) is 0 Å². The maximum atomic E-state index is 5.77. The highest BCUT2D eigenvalue weighted by Crippen LogP contribution is 2.37. The molecule has 0 aromatic heterocycles. The van der Waals surface area contributed by atoms with Crippen LogP contribution >= 0.6 is 12.4 Å². The van der Waals surface area contributed by atoms with Gasteiger partial charge >= 0.3 is 0 Å². The Hall–Kier alpha value is -0.530. The number of nitrogens with two attached hydrogens (primary N) is 1. The molecule has 2 N–H and O–H groups in total. The highest BCUT2D eigenvalue weighted by molar-refractivity contribution is 5.85. The minimum atomic E-state index is 0. The first-order valence-corrected chi connectivity index (χ1v) is 6.67. The molecule has 0 saturated heterocycles. The molecule has 1 nitrogen and oxygen atoms in total. The van der Waals surface area contributed by atoms with Gasteiger partial charge in [-0.2, -0.15) is 0 Å². The SMILES string of the molecule is Cl.NCCC(c1ccccc1)C1CCCCC1. The maximum absolute atomic E-state index is 5.77. The third kappa shape index (κ3) is 4.01. The van der Waals surface area contributed by atoms with Crippen LogP contribution in [-0.2, 0) is 0 Å². The Morgan fingerprint density at radius 1 is 1.06 bits per heavy atom.